The normalized spacial score (nSPS) is 12.0. The van der Waals surface area contributed by atoms with E-state index in [2.05, 4.69) is 0 Å². The Hall–Kier alpha value is 2.03. The van der Waals surface area contributed by atoms with Crippen molar-refractivity contribution in [3.63, 3.8) is 0 Å². The van der Waals surface area contributed by atoms with Crippen molar-refractivity contribution in [2.24, 2.45) is 0 Å². The Morgan fingerprint density at radius 3 is 1.17 bits per heavy atom. The van der Waals surface area contributed by atoms with Crippen molar-refractivity contribution in [2.75, 3.05) is 5.88 Å². The molecule has 0 rings (SSSR count). The maximum absolute atomic E-state index is 5.28. The van der Waals surface area contributed by atoms with Crippen LogP contribution in [-0.4, -0.2) is 13.5 Å². The van der Waals surface area contributed by atoms with E-state index in [4.69, 9.17) is 81.2 Å². The van der Waals surface area contributed by atoms with Crippen LogP contribution >= 0.6 is 81.2 Å². The smallest absolute Gasteiger partial charge is 0.127 e. The van der Waals surface area contributed by atoms with Gasteiger partial charge in [-0.25, -0.2) is 0 Å². The Kier molecular flexibility index (Phi) is 10.1. The second kappa shape index (κ2) is 7.34. The third-order valence-electron chi connectivity index (χ3n) is 0.378. The lowest BCUT2D eigenvalue weighted by atomic mass is 10.6. The van der Waals surface area contributed by atoms with E-state index in [1.54, 1.807) is 0 Å². The van der Waals surface area contributed by atoms with Crippen molar-refractivity contribution in [1.82, 2.24) is 0 Å². The largest absolute Gasteiger partial charge is 0.191 e. The molecule has 0 atom stereocenters. The third-order valence-corrected chi connectivity index (χ3v) is 1.13. The van der Waals surface area contributed by atoms with Crippen LogP contribution in [0.25, 0.3) is 0 Å². The summed E-state index contributed by atoms with van der Waals surface area (Å²) in [4.78, 5) is 0. The van der Waals surface area contributed by atoms with Crippen molar-refractivity contribution in [3.8, 4) is 0 Å². The molecule has 0 bridgehead atoms. The van der Waals surface area contributed by atoms with Crippen molar-refractivity contribution in [1.29, 1.82) is 0 Å². The second-order valence-corrected chi connectivity index (χ2v) is 7.58. The van der Waals surface area contributed by atoms with Crippen LogP contribution in [-0.2, 0) is 0 Å². The third kappa shape index (κ3) is 40.3. The molecule has 0 heterocycles. The molecule has 0 aliphatic rings. The van der Waals surface area contributed by atoms with Gasteiger partial charge in [-0.05, 0) is 6.92 Å². The molecule has 0 aromatic carbocycles. The Balaban J connectivity index is 0. The highest BCUT2D eigenvalue weighted by molar-refractivity contribution is 6.67. The van der Waals surface area contributed by atoms with E-state index in [9.17, 15) is 0 Å². The van der Waals surface area contributed by atoms with Crippen LogP contribution < -0.4 is 0 Å². The van der Waals surface area contributed by atoms with Gasteiger partial charge in [-0.2, -0.15) is 0 Å². The lowest BCUT2D eigenvalue weighted by Gasteiger charge is -2.04. The summed E-state index contributed by atoms with van der Waals surface area (Å²) >= 11 is 36.3. The number of halogens is 7. The molecule has 0 fully saturated rings. The molecule has 12 heavy (non-hydrogen) atoms. The van der Waals surface area contributed by atoms with E-state index in [-0.39, 0.29) is 0 Å². The minimum atomic E-state index is -1.16. The van der Waals surface area contributed by atoms with E-state index in [1.807, 2.05) is 0 Å². The molecule has 0 aliphatic carbocycles. The molecule has 0 unspecified atom stereocenters. The van der Waals surface area contributed by atoms with Gasteiger partial charge < -0.3 is 0 Å². The van der Waals surface area contributed by atoms with Crippen LogP contribution in [0.5, 0.6) is 0 Å². The molecule has 0 spiro atoms. The summed E-state index contributed by atoms with van der Waals surface area (Å²) in [5.74, 6) is 0.385. The Bertz CT molecular complexity index is 93.3. The van der Waals surface area contributed by atoms with Crippen LogP contribution in [0.2, 0.25) is 0 Å². The fraction of sp³-hybridized carbons (Fsp3) is 1.00. The molecular formula is C5H7Cl7. The summed E-state index contributed by atoms with van der Waals surface area (Å²) in [7, 11) is 0. The van der Waals surface area contributed by atoms with E-state index < -0.39 is 7.59 Å². The zero-order valence-corrected chi connectivity index (χ0v) is 11.4. The topological polar surface area (TPSA) is 0 Å². The van der Waals surface area contributed by atoms with Gasteiger partial charge in [0.15, 0.2) is 7.59 Å². The summed E-state index contributed by atoms with van der Waals surface area (Å²) in [6.07, 6.45) is 0.402. The fourth-order valence-corrected chi connectivity index (χ4v) is 0.964. The first-order chi connectivity index (χ1) is 5.06. The van der Waals surface area contributed by atoms with Gasteiger partial charge in [0.25, 0.3) is 0 Å². The minimum absolute atomic E-state index is 0.385. The molecule has 0 aromatic rings. The Morgan fingerprint density at radius 1 is 0.917 bits per heavy atom. The SMILES string of the molecule is CC(Cl)(Cl)Cl.ClCCC(Cl)(Cl)Cl. The van der Waals surface area contributed by atoms with E-state index in [0.717, 1.165) is 0 Å². The van der Waals surface area contributed by atoms with Gasteiger partial charge in [0, 0.05) is 12.3 Å². The molecule has 0 N–H and O–H groups in total. The van der Waals surface area contributed by atoms with Crippen molar-refractivity contribution < 1.29 is 0 Å². The van der Waals surface area contributed by atoms with Gasteiger partial charge in [-0.1, -0.05) is 69.6 Å². The maximum atomic E-state index is 5.28. The Labute approximate surface area is 107 Å². The average molecular weight is 315 g/mol. The van der Waals surface area contributed by atoms with Gasteiger partial charge in [0.1, 0.15) is 0 Å². The van der Waals surface area contributed by atoms with Crippen molar-refractivity contribution >= 4 is 81.2 Å². The molecule has 7 heteroatoms. The molecule has 0 aliphatic heterocycles. The molecule has 0 saturated heterocycles. The summed E-state index contributed by atoms with van der Waals surface area (Å²) in [6.45, 7) is 1.48. The number of rotatable bonds is 1. The summed E-state index contributed by atoms with van der Waals surface area (Å²) in [6, 6.07) is 0. The number of hydrogen-bond donors (Lipinski definition) is 0. The van der Waals surface area contributed by atoms with Crippen LogP contribution in [0.4, 0.5) is 0 Å². The predicted octanol–water partition coefficient (Wildman–Crippen LogP) is 5.36. The fourth-order valence-electron chi connectivity index (χ4n) is 0.107. The quantitative estimate of drug-likeness (QED) is 0.571. The zero-order chi connectivity index (χ0) is 10.4. The lowest BCUT2D eigenvalue weighted by Crippen LogP contribution is -2.01. The molecule has 0 radical (unpaired) electrons. The number of alkyl halides is 7. The maximum Gasteiger partial charge on any atom is 0.191 e. The first-order valence-corrected chi connectivity index (χ1v) is 5.56. The highest BCUT2D eigenvalue weighted by Crippen LogP contribution is 2.29. The van der Waals surface area contributed by atoms with Gasteiger partial charge >= 0.3 is 0 Å². The molecular weight excluding hydrogens is 308 g/mol. The lowest BCUT2D eigenvalue weighted by molar-refractivity contribution is 0.983. The monoisotopic (exact) mass is 312 g/mol. The first kappa shape index (κ1) is 16.5. The van der Waals surface area contributed by atoms with Crippen LogP contribution in [0.15, 0.2) is 0 Å². The summed E-state index contributed by atoms with van der Waals surface area (Å²) < 4.78 is -2.25. The first-order valence-electron chi connectivity index (χ1n) is 2.75. The standard InChI is InChI=1S/C3H4Cl4.C2H3Cl3/c4-2-1-3(5,6)7;1-2(3,4)5/h1-2H2;1H3. The average Bonchev–Trinajstić information content (AvgIpc) is 1.54. The summed E-state index contributed by atoms with van der Waals surface area (Å²) in [5.41, 5.74) is 0. The van der Waals surface area contributed by atoms with Crippen LogP contribution in [0, 0.1) is 0 Å². The minimum Gasteiger partial charge on any atom is -0.127 e. The molecule has 76 valence electrons. The van der Waals surface area contributed by atoms with Crippen molar-refractivity contribution in [3.05, 3.63) is 0 Å². The number of hydrogen-bond acceptors (Lipinski definition) is 0. The second-order valence-electron chi connectivity index (χ2n) is 1.84. The van der Waals surface area contributed by atoms with Gasteiger partial charge in [0.05, 0.1) is 0 Å². The Morgan fingerprint density at radius 2 is 1.17 bits per heavy atom. The van der Waals surface area contributed by atoms with Crippen LogP contribution in [0.1, 0.15) is 13.3 Å². The van der Waals surface area contributed by atoms with Gasteiger partial charge in [-0.3, -0.25) is 0 Å². The highest BCUT2D eigenvalue weighted by atomic mass is 35.6. The zero-order valence-electron chi connectivity index (χ0n) is 6.06. The highest BCUT2D eigenvalue weighted by Gasteiger charge is 2.17. The van der Waals surface area contributed by atoms with Crippen LogP contribution in [0.3, 0.4) is 0 Å². The molecule has 0 nitrogen and oxygen atoms in total. The van der Waals surface area contributed by atoms with Crippen molar-refractivity contribution in [2.45, 2.75) is 20.9 Å². The molecule has 0 amide bonds. The van der Waals surface area contributed by atoms with Gasteiger partial charge in [-0.15, -0.1) is 11.6 Å². The van der Waals surface area contributed by atoms with E-state index in [0.29, 0.717) is 12.3 Å². The van der Waals surface area contributed by atoms with E-state index in [1.165, 1.54) is 6.92 Å². The molecule has 0 saturated carbocycles. The van der Waals surface area contributed by atoms with E-state index >= 15 is 0 Å². The predicted molar refractivity (Wildman–Crippen MR) is 61.6 cm³/mol. The van der Waals surface area contributed by atoms with Gasteiger partial charge in [0.2, 0.25) is 0 Å². The molecule has 0 aromatic heterocycles. The summed E-state index contributed by atoms with van der Waals surface area (Å²) in [5, 5.41) is 0.